The number of alkyl halides is 1. The van der Waals surface area contributed by atoms with Crippen LogP contribution in [0.2, 0.25) is 0 Å². The number of rotatable bonds is 4. The number of primary amides is 1. The van der Waals surface area contributed by atoms with Gasteiger partial charge in [0.25, 0.3) is 11.8 Å². The zero-order valence-corrected chi connectivity index (χ0v) is 12.3. The van der Waals surface area contributed by atoms with Crippen LogP contribution in [0.4, 0.5) is 4.39 Å². The first-order chi connectivity index (χ1) is 10.9. The Bertz CT molecular complexity index is 742. The van der Waals surface area contributed by atoms with E-state index < -0.39 is 24.0 Å². The van der Waals surface area contributed by atoms with Gasteiger partial charge >= 0.3 is 0 Å². The van der Waals surface area contributed by atoms with Crippen molar-refractivity contribution >= 4 is 11.8 Å². The smallest absolute Gasteiger partial charge is 0.276 e. The minimum Gasteiger partial charge on any atom is -0.364 e. The molecule has 1 aliphatic rings. The number of nitrogens with two attached hydrogens (primary N) is 1. The van der Waals surface area contributed by atoms with E-state index in [1.54, 1.807) is 6.92 Å². The fraction of sp³-hybridized carbons (Fsp3) is 0.462. The summed E-state index contributed by atoms with van der Waals surface area (Å²) in [7, 11) is 0. The van der Waals surface area contributed by atoms with Crippen LogP contribution in [-0.4, -0.2) is 55.6 Å². The highest BCUT2D eigenvalue weighted by Gasteiger charge is 2.37. The van der Waals surface area contributed by atoms with Crippen molar-refractivity contribution in [1.29, 1.82) is 0 Å². The van der Waals surface area contributed by atoms with Crippen molar-refractivity contribution in [2.24, 2.45) is 5.73 Å². The maximum absolute atomic E-state index is 13.8. The van der Waals surface area contributed by atoms with Crippen molar-refractivity contribution in [3.63, 3.8) is 0 Å². The lowest BCUT2D eigenvalue weighted by Gasteiger charge is -2.22. The van der Waals surface area contributed by atoms with Crippen LogP contribution >= 0.6 is 0 Å². The molecule has 1 saturated heterocycles. The monoisotopic (exact) mass is 322 g/mol. The van der Waals surface area contributed by atoms with E-state index >= 15 is 0 Å². The zero-order valence-electron chi connectivity index (χ0n) is 12.3. The molecule has 1 aliphatic heterocycles. The van der Waals surface area contributed by atoms with Gasteiger partial charge in [0.1, 0.15) is 11.9 Å². The summed E-state index contributed by atoms with van der Waals surface area (Å²) in [5.41, 5.74) is 5.27. The Morgan fingerprint density at radius 3 is 2.87 bits per heavy atom. The first kappa shape index (κ1) is 15.1. The van der Waals surface area contributed by atoms with Crippen LogP contribution in [0, 0.1) is 6.92 Å². The van der Waals surface area contributed by atoms with E-state index in [9.17, 15) is 14.0 Å². The van der Waals surface area contributed by atoms with Gasteiger partial charge in [-0.25, -0.2) is 9.07 Å². The Labute approximate surface area is 130 Å². The molecular weight excluding hydrogens is 307 g/mol. The summed E-state index contributed by atoms with van der Waals surface area (Å²) in [5.74, 6) is -0.595. The molecule has 2 aromatic heterocycles. The van der Waals surface area contributed by atoms with Gasteiger partial charge in [0.15, 0.2) is 11.4 Å². The number of carbonyl (C=O) groups excluding carboxylic acids is 2. The molecule has 3 rings (SSSR count). The normalized spacial score (nSPS) is 20.9. The van der Waals surface area contributed by atoms with E-state index in [0.29, 0.717) is 5.76 Å². The van der Waals surface area contributed by atoms with Crippen LogP contribution in [0.3, 0.4) is 0 Å². The molecule has 10 heteroatoms. The number of likely N-dealkylation sites (tertiary alicyclic amines) is 1. The number of hydrogen-bond acceptors (Lipinski definition) is 6. The standard InChI is InChI=1S/C13H15FN6O3/c1-7-2-10(17-23-7)13(22)20-4-8(14)3-9(20)5-19-6-11(12(15)21)16-18-19/h2,6,8-9H,3-5H2,1H3,(H2,15,21)/t8-,9-/m0/s1. The fourth-order valence-electron chi connectivity index (χ4n) is 2.61. The molecule has 1 fully saturated rings. The highest BCUT2D eigenvalue weighted by atomic mass is 19.1. The van der Waals surface area contributed by atoms with Gasteiger partial charge in [-0.1, -0.05) is 10.4 Å². The lowest BCUT2D eigenvalue weighted by Crippen LogP contribution is -2.38. The molecule has 0 saturated carbocycles. The number of aryl methyl sites for hydroxylation is 1. The number of amides is 2. The van der Waals surface area contributed by atoms with Crippen LogP contribution < -0.4 is 5.73 Å². The van der Waals surface area contributed by atoms with Gasteiger partial charge in [0.05, 0.1) is 25.3 Å². The molecule has 0 radical (unpaired) electrons. The van der Waals surface area contributed by atoms with Gasteiger partial charge in [0, 0.05) is 12.5 Å². The summed E-state index contributed by atoms with van der Waals surface area (Å²) < 4.78 is 20.0. The second kappa shape index (κ2) is 5.78. The van der Waals surface area contributed by atoms with E-state index in [1.165, 1.54) is 21.8 Å². The molecular formula is C13H15FN6O3. The third-order valence-electron chi connectivity index (χ3n) is 3.66. The SMILES string of the molecule is Cc1cc(C(=O)N2C[C@@H](F)C[C@H]2Cn2cc(C(N)=O)nn2)no1. The van der Waals surface area contributed by atoms with Gasteiger partial charge in [-0.15, -0.1) is 5.10 Å². The number of carbonyl (C=O) groups is 2. The molecule has 2 atom stereocenters. The lowest BCUT2D eigenvalue weighted by molar-refractivity contribution is 0.0703. The van der Waals surface area contributed by atoms with E-state index in [-0.39, 0.29) is 30.9 Å². The van der Waals surface area contributed by atoms with E-state index in [4.69, 9.17) is 10.3 Å². The van der Waals surface area contributed by atoms with Crippen molar-refractivity contribution in [3.05, 3.63) is 29.4 Å². The second-order valence-corrected chi connectivity index (χ2v) is 5.46. The summed E-state index contributed by atoms with van der Waals surface area (Å²) in [6, 6.07) is 1.09. The largest absolute Gasteiger partial charge is 0.364 e. The molecule has 3 heterocycles. The predicted octanol–water partition coefficient (Wildman–Crippen LogP) is -0.0738. The highest BCUT2D eigenvalue weighted by molar-refractivity contribution is 5.92. The Morgan fingerprint density at radius 1 is 1.48 bits per heavy atom. The van der Waals surface area contributed by atoms with Gasteiger partial charge < -0.3 is 15.2 Å². The van der Waals surface area contributed by atoms with Crippen molar-refractivity contribution in [3.8, 4) is 0 Å². The summed E-state index contributed by atoms with van der Waals surface area (Å²) in [6.45, 7) is 1.86. The molecule has 23 heavy (non-hydrogen) atoms. The van der Waals surface area contributed by atoms with Crippen molar-refractivity contribution in [2.75, 3.05) is 6.54 Å². The molecule has 122 valence electrons. The lowest BCUT2D eigenvalue weighted by atomic mass is 10.2. The zero-order chi connectivity index (χ0) is 16.6. The molecule has 0 aromatic carbocycles. The first-order valence-corrected chi connectivity index (χ1v) is 7.02. The number of hydrogen-bond donors (Lipinski definition) is 1. The summed E-state index contributed by atoms with van der Waals surface area (Å²) in [6.07, 6.45) is 0.418. The van der Waals surface area contributed by atoms with E-state index in [1.807, 2.05) is 0 Å². The molecule has 0 aliphatic carbocycles. The summed E-state index contributed by atoms with van der Waals surface area (Å²) in [5, 5.41) is 11.1. The Balaban J connectivity index is 1.76. The quantitative estimate of drug-likeness (QED) is 0.841. The minimum atomic E-state index is -1.13. The van der Waals surface area contributed by atoms with Crippen LogP contribution in [0.25, 0.3) is 0 Å². The third-order valence-corrected chi connectivity index (χ3v) is 3.66. The minimum absolute atomic E-state index is 0.0183. The van der Waals surface area contributed by atoms with Gasteiger partial charge in [-0.3, -0.25) is 9.59 Å². The molecule has 2 N–H and O–H groups in total. The second-order valence-electron chi connectivity index (χ2n) is 5.46. The Morgan fingerprint density at radius 2 is 2.26 bits per heavy atom. The Kier molecular flexibility index (Phi) is 3.80. The van der Waals surface area contributed by atoms with Crippen molar-refractivity contribution < 1.29 is 18.5 Å². The molecule has 0 bridgehead atoms. The molecule has 0 spiro atoms. The molecule has 0 unspecified atom stereocenters. The van der Waals surface area contributed by atoms with Crippen LogP contribution in [0.5, 0.6) is 0 Å². The summed E-state index contributed by atoms with van der Waals surface area (Å²) >= 11 is 0. The average molecular weight is 322 g/mol. The number of aromatic nitrogens is 4. The number of halogens is 1. The highest BCUT2D eigenvalue weighted by Crippen LogP contribution is 2.24. The maximum Gasteiger partial charge on any atom is 0.276 e. The maximum atomic E-state index is 13.8. The van der Waals surface area contributed by atoms with E-state index in [2.05, 4.69) is 15.5 Å². The van der Waals surface area contributed by atoms with Gasteiger partial charge in [-0.2, -0.15) is 0 Å². The fourth-order valence-corrected chi connectivity index (χ4v) is 2.61. The van der Waals surface area contributed by atoms with E-state index in [0.717, 1.165) is 0 Å². The topological polar surface area (TPSA) is 120 Å². The van der Waals surface area contributed by atoms with Crippen molar-refractivity contribution in [2.45, 2.75) is 32.1 Å². The first-order valence-electron chi connectivity index (χ1n) is 7.02. The van der Waals surface area contributed by atoms with Gasteiger partial charge in [0.2, 0.25) is 0 Å². The predicted molar refractivity (Wildman–Crippen MR) is 74.1 cm³/mol. The summed E-state index contributed by atoms with van der Waals surface area (Å²) in [4.78, 5) is 24.9. The van der Waals surface area contributed by atoms with Gasteiger partial charge in [-0.05, 0) is 6.92 Å². The number of nitrogens with zero attached hydrogens (tertiary/aromatic N) is 5. The molecule has 9 nitrogen and oxygen atoms in total. The third kappa shape index (κ3) is 3.05. The molecule has 2 amide bonds. The Hall–Kier alpha value is -2.78. The van der Waals surface area contributed by atoms with Crippen LogP contribution in [-0.2, 0) is 6.54 Å². The molecule has 2 aromatic rings. The van der Waals surface area contributed by atoms with Crippen molar-refractivity contribution in [1.82, 2.24) is 25.1 Å². The van der Waals surface area contributed by atoms with Crippen LogP contribution in [0.1, 0.15) is 33.2 Å². The average Bonchev–Trinajstić information content (AvgIpc) is 3.19. The van der Waals surface area contributed by atoms with Crippen LogP contribution in [0.15, 0.2) is 16.8 Å².